The maximum atomic E-state index is 13.7. The molecule has 1 amide bonds. The molecule has 0 atom stereocenters. The van der Waals surface area contributed by atoms with Gasteiger partial charge in [-0.05, 0) is 61.9 Å². The number of morpholine rings is 1. The molecule has 1 aromatic heterocycles. The Morgan fingerprint density at radius 1 is 1.15 bits per heavy atom. The first-order chi connectivity index (χ1) is 16.0. The van der Waals surface area contributed by atoms with Crippen molar-refractivity contribution in [1.82, 2.24) is 9.88 Å². The molecule has 0 saturated carbocycles. The molecule has 5 nitrogen and oxygen atoms in total. The monoisotopic (exact) mass is 465 g/mol. The average molecular weight is 466 g/mol. The molecule has 6 heteroatoms. The van der Waals surface area contributed by atoms with Crippen molar-refractivity contribution in [2.45, 2.75) is 47.0 Å². The molecule has 1 aliphatic rings. The Hall–Kier alpha value is -2.28. The van der Waals surface area contributed by atoms with Crippen LogP contribution in [0.25, 0.3) is 10.2 Å². The van der Waals surface area contributed by atoms with Crippen LogP contribution in [-0.4, -0.2) is 55.2 Å². The van der Waals surface area contributed by atoms with Crippen LogP contribution in [0.3, 0.4) is 0 Å². The molecular formula is C27H35N3O2S. The van der Waals surface area contributed by atoms with Crippen molar-refractivity contribution in [2.24, 2.45) is 0 Å². The van der Waals surface area contributed by atoms with E-state index in [1.165, 1.54) is 22.3 Å². The van der Waals surface area contributed by atoms with E-state index in [1.807, 2.05) is 4.90 Å². The molecule has 1 fully saturated rings. The van der Waals surface area contributed by atoms with E-state index in [9.17, 15) is 4.79 Å². The number of aromatic nitrogens is 1. The molecule has 4 rings (SSSR count). The Bertz CT molecular complexity index is 1090. The fraction of sp³-hybridized carbons (Fsp3) is 0.481. The lowest BCUT2D eigenvalue weighted by Crippen LogP contribution is -2.39. The maximum absolute atomic E-state index is 13.7. The third kappa shape index (κ3) is 5.62. The summed E-state index contributed by atoms with van der Waals surface area (Å²) in [6, 6.07) is 10.7. The fourth-order valence-corrected chi connectivity index (χ4v) is 5.79. The first kappa shape index (κ1) is 23.9. The lowest BCUT2D eigenvalue weighted by molar-refractivity contribution is -0.118. The number of anilines is 1. The third-order valence-corrected chi connectivity index (χ3v) is 7.58. The SMILES string of the molecule is CCc1cccc2sc(N(CCCN3CCOCC3)C(=O)Cc3c(C)cc(C)cc3C)nc12. The zero-order valence-corrected chi connectivity index (χ0v) is 21.1. The zero-order valence-electron chi connectivity index (χ0n) is 20.3. The zero-order chi connectivity index (χ0) is 23.4. The molecule has 0 unspecified atom stereocenters. The molecule has 2 aromatic carbocycles. The fourth-order valence-electron chi connectivity index (χ4n) is 4.73. The minimum absolute atomic E-state index is 0.129. The van der Waals surface area contributed by atoms with Crippen molar-refractivity contribution in [3.63, 3.8) is 0 Å². The Morgan fingerprint density at radius 2 is 1.88 bits per heavy atom. The van der Waals surface area contributed by atoms with Gasteiger partial charge in [-0.15, -0.1) is 0 Å². The van der Waals surface area contributed by atoms with Crippen molar-refractivity contribution in [1.29, 1.82) is 0 Å². The van der Waals surface area contributed by atoms with Gasteiger partial charge in [0.2, 0.25) is 5.91 Å². The molecule has 3 aromatic rings. The van der Waals surface area contributed by atoms with Crippen LogP contribution < -0.4 is 4.90 Å². The van der Waals surface area contributed by atoms with Gasteiger partial charge in [-0.25, -0.2) is 4.98 Å². The van der Waals surface area contributed by atoms with Crippen LogP contribution in [0, 0.1) is 20.8 Å². The summed E-state index contributed by atoms with van der Waals surface area (Å²) < 4.78 is 6.62. The molecule has 0 radical (unpaired) electrons. The summed E-state index contributed by atoms with van der Waals surface area (Å²) in [7, 11) is 0. The number of fused-ring (bicyclic) bond motifs is 1. The van der Waals surface area contributed by atoms with Crippen LogP contribution in [0.4, 0.5) is 5.13 Å². The smallest absolute Gasteiger partial charge is 0.233 e. The molecule has 0 spiro atoms. The number of hydrogen-bond donors (Lipinski definition) is 0. The normalized spacial score (nSPS) is 14.7. The van der Waals surface area contributed by atoms with E-state index in [4.69, 9.17) is 9.72 Å². The topological polar surface area (TPSA) is 45.7 Å². The van der Waals surface area contributed by atoms with E-state index in [-0.39, 0.29) is 5.91 Å². The number of nitrogens with zero attached hydrogens (tertiary/aromatic N) is 3. The highest BCUT2D eigenvalue weighted by molar-refractivity contribution is 7.22. The Morgan fingerprint density at radius 3 is 2.58 bits per heavy atom. The minimum Gasteiger partial charge on any atom is -0.379 e. The van der Waals surface area contributed by atoms with Gasteiger partial charge in [0.1, 0.15) is 0 Å². The van der Waals surface area contributed by atoms with Crippen molar-refractivity contribution in [3.8, 4) is 0 Å². The minimum atomic E-state index is 0.129. The average Bonchev–Trinajstić information content (AvgIpc) is 3.23. The van der Waals surface area contributed by atoms with Gasteiger partial charge < -0.3 is 4.74 Å². The first-order valence-corrected chi connectivity index (χ1v) is 12.8. The van der Waals surface area contributed by atoms with Gasteiger partial charge in [0.25, 0.3) is 0 Å². The van der Waals surface area contributed by atoms with E-state index >= 15 is 0 Å². The second-order valence-corrected chi connectivity index (χ2v) is 10.0. The van der Waals surface area contributed by atoms with Crippen molar-refractivity contribution < 1.29 is 9.53 Å². The van der Waals surface area contributed by atoms with Crippen molar-refractivity contribution in [2.75, 3.05) is 44.3 Å². The van der Waals surface area contributed by atoms with E-state index in [2.05, 4.69) is 62.9 Å². The summed E-state index contributed by atoms with van der Waals surface area (Å²) in [5.74, 6) is 0.129. The summed E-state index contributed by atoms with van der Waals surface area (Å²) in [5, 5.41) is 0.820. The molecular weight excluding hydrogens is 430 g/mol. The molecule has 0 N–H and O–H groups in total. The highest BCUT2D eigenvalue weighted by Crippen LogP contribution is 2.32. The van der Waals surface area contributed by atoms with E-state index in [0.717, 1.165) is 66.6 Å². The number of benzene rings is 2. The van der Waals surface area contributed by atoms with Crippen LogP contribution in [-0.2, 0) is 22.4 Å². The Kier molecular flexibility index (Phi) is 7.78. The van der Waals surface area contributed by atoms with Gasteiger partial charge in [0.15, 0.2) is 5.13 Å². The Labute approximate surface area is 201 Å². The lowest BCUT2D eigenvalue weighted by Gasteiger charge is -2.28. The number of rotatable bonds is 8. The summed E-state index contributed by atoms with van der Waals surface area (Å²) in [6.07, 6.45) is 2.27. The predicted octanol–water partition coefficient (Wildman–Crippen LogP) is 5.08. The van der Waals surface area contributed by atoms with Crippen LogP contribution in [0.15, 0.2) is 30.3 Å². The number of carbonyl (C=O) groups is 1. The number of amides is 1. The number of thiazole rings is 1. The van der Waals surface area contributed by atoms with Crippen LogP contribution in [0.2, 0.25) is 0 Å². The summed E-state index contributed by atoms with van der Waals surface area (Å²) in [4.78, 5) is 23.0. The third-order valence-electron chi connectivity index (χ3n) is 6.53. The van der Waals surface area contributed by atoms with Crippen LogP contribution >= 0.6 is 11.3 Å². The second kappa shape index (κ2) is 10.8. The molecule has 1 aliphatic heterocycles. The van der Waals surface area contributed by atoms with Gasteiger partial charge in [-0.3, -0.25) is 14.6 Å². The largest absolute Gasteiger partial charge is 0.379 e. The summed E-state index contributed by atoms with van der Waals surface area (Å²) >= 11 is 1.63. The maximum Gasteiger partial charge on any atom is 0.233 e. The van der Waals surface area contributed by atoms with Crippen molar-refractivity contribution in [3.05, 3.63) is 58.1 Å². The number of carbonyl (C=O) groups excluding carboxylic acids is 1. The standard InChI is InChI=1S/C27H35N3O2S/c1-5-22-8-6-9-24-26(22)28-27(33-24)30(11-7-10-29-12-14-32-15-13-29)25(31)18-23-20(3)16-19(2)17-21(23)4/h6,8-9,16-17H,5,7,10-15,18H2,1-4H3. The van der Waals surface area contributed by atoms with Crippen LogP contribution in [0.1, 0.15) is 41.2 Å². The first-order valence-electron chi connectivity index (χ1n) is 12.0. The number of para-hydroxylation sites is 1. The number of hydrogen-bond acceptors (Lipinski definition) is 5. The lowest BCUT2D eigenvalue weighted by atomic mass is 9.97. The number of aryl methyl sites for hydroxylation is 4. The summed E-state index contributed by atoms with van der Waals surface area (Å²) in [6.45, 7) is 13.7. The molecule has 176 valence electrons. The second-order valence-electron chi connectivity index (χ2n) is 9.02. The molecule has 0 bridgehead atoms. The van der Waals surface area contributed by atoms with Gasteiger partial charge in [-0.1, -0.05) is 48.1 Å². The highest BCUT2D eigenvalue weighted by atomic mass is 32.1. The highest BCUT2D eigenvalue weighted by Gasteiger charge is 2.22. The number of ether oxygens (including phenoxy) is 1. The molecule has 1 saturated heterocycles. The molecule has 33 heavy (non-hydrogen) atoms. The Balaban J connectivity index is 1.58. The summed E-state index contributed by atoms with van der Waals surface area (Å²) in [5.41, 5.74) is 7.02. The molecule has 2 heterocycles. The van der Waals surface area contributed by atoms with E-state index in [0.29, 0.717) is 13.0 Å². The quantitative estimate of drug-likeness (QED) is 0.465. The van der Waals surface area contributed by atoms with Gasteiger partial charge in [0, 0.05) is 26.2 Å². The van der Waals surface area contributed by atoms with Gasteiger partial charge in [0.05, 0.1) is 29.9 Å². The van der Waals surface area contributed by atoms with Crippen molar-refractivity contribution >= 4 is 32.6 Å². The van der Waals surface area contributed by atoms with E-state index < -0.39 is 0 Å². The molecule has 0 aliphatic carbocycles. The predicted molar refractivity (Wildman–Crippen MR) is 138 cm³/mol. The van der Waals surface area contributed by atoms with Crippen LogP contribution in [0.5, 0.6) is 0 Å². The van der Waals surface area contributed by atoms with E-state index in [1.54, 1.807) is 11.3 Å². The van der Waals surface area contributed by atoms with Gasteiger partial charge in [-0.2, -0.15) is 0 Å². The van der Waals surface area contributed by atoms with Gasteiger partial charge >= 0.3 is 0 Å².